The summed E-state index contributed by atoms with van der Waals surface area (Å²) in [5.74, 6) is 0.0413. The summed E-state index contributed by atoms with van der Waals surface area (Å²) in [6.07, 6.45) is 2.66. The number of amides is 1. The number of nitrogens with two attached hydrogens (primary N) is 1. The minimum atomic E-state index is -3.71. The summed E-state index contributed by atoms with van der Waals surface area (Å²) in [4.78, 5) is 20.7. The van der Waals surface area contributed by atoms with Crippen molar-refractivity contribution in [2.45, 2.75) is 11.7 Å². The van der Waals surface area contributed by atoms with Crippen molar-refractivity contribution in [2.75, 3.05) is 11.4 Å². The predicted molar refractivity (Wildman–Crippen MR) is 63.6 cm³/mol. The molecular weight excluding hydrogens is 312 g/mol. The van der Waals surface area contributed by atoms with Crippen LogP contribution in [0.15, 0.2) is 17.0 Å². The normalized spacial score (nSPS) is 20.9. The van der Waals surface area contributed by atoms with Gasteiger partial charge in [-0.05, 0) is 15.9 Å². The quantitative estimate of drug-likeness (QED) is 0.800. The zero-order chi connectivity index (χ0) is 12.6. The molecule has 1 unspecified atom stereocenters. The van der Waals surface area contributed by atoms with Crippen molar-refractivity contribution < 1.29 is 13.2 Å². The third-order valence-electron chi connectivity index (χ3n) is 2.46. The number of anilines is 1. The highest BCUT2D eigenvalue weighted by molar-refractivity contribution is 9.10. The molecule has 1 amide bonds. The maximum absolute atomic E-state index is 11.7. The van der Waals surface area contributed by atoms with Crippen molar-refractivity contribution >= 4 is 37.7 Å². The number of sulfonamides is 1. The van der Waals surface area contributed by atoms with E-state index in [1.807, 2.05) is 0 Å². The Morgan fingerprint density at radius 1 is 1.53 bits per heavy atom. The van der Waals surface area contributed by atoms with E-state index in [1.54, 1.807) is 0 Å². The van der Waals surface area contributed by atoms with E-state index >= 15 is 0 Å². The lowest BCUT2D eigenvalue weighted by atomic mass is 10.4. The Morgan fingerprint density at radius 2 is 2.24 bits per heavy atom. The smallest absolute Gasteiger partial charge is 0.229 e. The average molecular weight is 321 g/mol. The average Bonchev–Trinajstić information content (AvgIpc) is 2.61. The lowest BCUT2D eigenvalue weighted by Gasteiger charge is -2.15. The summed E-state index contributed by atoms with van der Waals surface area (Å²) >= 11 is 3.20. The molecule has 2 N–H and O–H groups in total. The molecule has 1 aromatic heterocycles. The first kappa shape index (κ1) is 12.4. The van der Waals surface area contributed by atoms with Crippen LogP contribution in [-0.2, 0) is 14.8 Å². The summed E-state index contributed by atoms with van der Waals surface area (Å²) in [6, 6.07) is 0. The Hall–Kier alpha value is -1.06. The molecule has 0 aliphatic carbocycles. The highest BCUT2D eigenvalue weighted by Gasteiger charge is 2.38. The molecule has 1 atom stereocenters. The lowest BCUT2D eigenvalue weighted by molar-refractivity contribution is -0.117. The number of carbonyl (C=O) groups is 1. The number of hydrogen-bond donors (Lipinski definition) is 1. The third kappa shape index (κ3) is 2.45. The second-order valence-electron chi connectivity index (χ2n) is 3.61. The third-order valence-corrected chi connectivity index (χ3v) is 4.26. The standard InChI is InChI=1S/C8H9BrN4O3S/c9-6-2-11-4-12-8(6)13-3-5(1-7(13)14)17(10,15)16/h2,4-5H,1,3H2,(H2,10,15,16). The van der Waals surface area contributed by atoms with Gasteiger partial charge in [-0.1, -0.05) is 0 Å². The van der Waals surface area contributed by atoms with E-state index in [0.29, 0.717) is 10.3 Å². The number of halogens is 1. The van der Waals surface area contributed by atoms with Gasteiger partial charge in [0.05, 0.1) is 4.47 Å². The van der Waals surface area contributed by atoms with Crippen molar-refractivity contribution in [1.82, 2.24) is 9.97 Å². The number of nitrogens with zero attached hydrogens (tertiary/aromatic N) is 3. The topological polar surface area (TPSA) is 106 Å². The van der Waals surface area contributed by atoms with Gasteiger partial charge in [0.2, 0.25) is 15.9 Å². The molecule has 92 valence electrons. The van der Waals surface area contributed by atoms with Gasteiger partial charge < -0.3 is 0 Å². The van der Waals surface area contributed by atoms with Crippen LogP contribution in [-0.4, -0.2) is 36.1 Å². The van der Waals surface area contributed by atoms with Crippen LogP contribution in [0.1, 0.15) is 6.42 Å². The van der Waals surface area contributed by atoms with Crippen LogP contribution in [0.2, 0.25) is 0 Å². The fraction of sp³-hybridized carbons (Fsp3) is 0.375. The maximum atomic E-state index is 11.7. The monoisotopic (exact) mass is 320 g/mol. The Morgan fingerprint density at radius 3 is 2.76 bits per heavy atom. The van der Waals surface area contributed by atoms with E-state index in [4.69, 9.17) is 5.14 Å². The Bertz CT molecular complexity index is 562. The second-order valence-corrected chi connectivity index (χ2v) is 6.31. The van der Waals surface area contributed by atoms with Gasteiger partial charge in [-0.25, -0.2) is 23.5 Å². The summed E-state index contributed by atoms with van der Waals surface area (Å²) in [5.41, 5.74) is 0. The van der Waals surface area contributed by atoms with Gasteiger partial charge in [0.15, 0.2) is 5.82 Å². The molecule has 0 radical (unpaired) electrons. The van der Waals surface area contributed by atoms with Gasteiger partial charge in [0.1, 0.15) is 11.6 Å². The highest BCUT2D eigenvalue weighted by atomic mass is 79.9. The van der Waals surface area contributed by atoms with E-state index in [-0.39, 0.29) is 18.9 Å². The largest absolute Gasteiger partial charge is 0.294 e. The SMILES string of the molecule is NS(=O)(=O)C1CC(=O)N(c2ncncc2Br)C1. The molecule has 17 heavy (non-hydrogen) atoms. The Labute approximate surface area is 106 Å². The maximum Gasteiger partial charge on any atom is 0.229 e. The number of aromatic nitrogens is 2. The fourth-order valence-electron chi connectivity index (χ4n) is 1.60. The number of rotatable bonds is 2. The molecule has 1 aromatic rings. The van der Waals surface area contributed by atoms with Crippen molar-refractivity contribution in [3.05, 3.63) is 17.0 Å². The Kier molecular flexibility index (Phi) is 3.15. The van der Waals surface area contributed by atoms with E-state index < -0.39 is 15.3 Å². The molecule has 0 saturated carbocycles. The van der Waals surface area contributed by atoms with Crippen molar-refractivity contribution in [2.24, 2.45) is 5.14 Å². The van der Waals surface area contributed by atoms with E-state index in [2.05, 4.69) is 25.9 Å². The molecule has 7 nitrogen and oxygen atoms in total. The predicted octanol–water partition coefficient (Wildman–Crippen LogP) is -0.367. The first-order chi connectivity index (χ1) is 7.89. The summed E-state index contributed by atoms with van der Waals surface area (Å²) in [7, 11) is -3.71. The minimum absolute atomic E-state index is 0.0211. The van der Waals surface area contributed by atoms with Crippen LogP contribution in [0, 0.1) is 0 Å². The van der Waals surface area contributed by atoms with Crippen molar-refractivity contribution in [3.8, 4) is 0 Å². The molecule has 1 saturated heterocycles. The summed E-state index contributed by atoms with van der Waals surface area (Å²) < 4.78 is 22.9. The van der Waals surface area contributed by atoms with Crippen LogP contribution in [0.3, 0.4) is 0 Å². The number of hydrogen-bond acceptors (Lipinski definition) is 5. The molecule has 2 rings (SSSR count). The molecule has 0 spiro atoms. The van der Waals surface area contributed by atoms with Crippen LogP contribution in [0.5, 0.6) is 0 Å². The molecule has 9 heteroatoms. The zero-order valence-corrected chi connectivity index (χ0v) is 11.0. The highest BCUT2D eigenvalue weighted by Crippen LogP contribution is 2.27. The first-order valence-corrected chi connectivity index (χ1v) is 7.07. The van der Waals surface area contributed by atoms with E-state index in [1.165, 1.54) is 17.4 Å². The van der Waals surface area contributed by atoms with Crippen LogP contribution in [0.25, 0.3) is 0 Å². The van der Waals surface area contributed by atoms with E-state index in [0.717, 1.165) is 0 Å². The van der Waals surface area contributed by atoms with Crippen LogP contribution < -0.4 is 10.0 Å². The molecule has 1 aliphatic rings. The molecule has 1 fully saturated rings. The zero-order valence-electron chi connectivity index (χ0n) is 8.58. The van der Waals surface area contributed by atoms with Crippen molar-refractivity contribution in [1.29, 1.82) is 0 Å². The van der Waals surface area contributed by atoms with Gasteiger partial charge >= 0.3 is 0 Å². The second kappa shape index (κ2) is 4.31. The Balaban J connectivity index is 2.31. The van der Waals surface area contributed by atoms with Crippen LogP contribution >= 0.6 is 15.9 Å². The van der Waals surface area contributed by atoms with E-state index in [9.17, 15) is 13.2 Å². The molecule has 0 aromatic carbocycles. The fourth-order valence-corrected chi connectivity index (χ4v) is 2.77. The van der Waals surface area contributed by atoms with Crippen molar-refractivity contribution in [3.63, 3.8) is 0 Å². The van der Waals surface area contributed by atoms with Gasteiger partial charge in [0.25, 0.3) is 0 Å². The number of carbonyl (C=O) groups excluding carboxylic acids is 1. The summed E-state index contributed by atoms with van der Waals surface area (Å²) in [5, 5.41) is 4.15. The van der Waals surface area contributed by atoms with Gasteiger partial charge in [0, 0.05) is 19.2 Å². The number of primary sulfonamides is 1. The summed E-state index contributed by atoms with van der Waals surface area (Å²) in [6.45, 7) is 0.0211. The minimum Gasteiger partial charge on any atom is -0.294 e. The van der Waals surface area contributed by atoms with Gasteiger partial charge in [-0.2, -0.15) is 0 Å². The first-order valence-electron chi connectivity index (χ1n) is 4.67. The molecule has 2 heterocycles. The molecule has 1 aliphatic heterocycles. The van der Waals surface area contributed by atoms with Crippen LogP contribution in [0.4, 0.5) is 5.82 Å². The lowest BCUT2D eigenvalue weighted by Crippen LogP contribution is -2.32. The van der Waals surface area contributed by atoms with Gasteiger partial charge in [-0.3, -0.25) is 9.69 Å². The van der Waals surface area contributed by atoms with Gasteiger partial charge in [-0.15, -0.1) is 0 Å². The molecule has 0 bridgehead atoms. The molecular formula is C8H9BrN4O3S.